The summed E-state index contributed by atoms with van der Waals surface area (Å²) in [6.45, 7) is 1.93. The third-order valence-electron chi connectivity index (χ3n) is 1.26. The third kappa shape index (κ3) is 4.98. The lowest BCUT2D eigenvalue weighted by Crippen LogP contribution is -1.91. The topological polar surface area (TPSA) is 58.6 Å². The molecule has 0 spiro atoms. The summed E-state index contributed by atoms with van der Waals surface area (Å²) in [6, 6.07) is 7.63. The van der Waals surface area contributed by atoms with E-state index in [2.05, 4.69) is 4.99 Å². The predicted molar refractivity (Wildman–Crippen MR) is 57.1 cm³/mol. The van der Waals surface area contributed by atoms with E-state index in [1.165, 1.54) is 0 Å². The molecule has 3 nitrogen and oxygen atoms in total. The Bertz CT molecular complexity index is 259. The Morgan fingerprint density at radius 1 is 1.46 bits per heavy atom. The van der Waals surface area contributed by atoms with Gasteiger partial charge in [0.2, 0.25) is 0 Å². The molecule has 3 N–H and O–H groups in total. The molecule has 1 aromatic rings. The third-order valence-corrected chi connectivity index (χ3v) is 1.26. The van der Waals surface area contributed by atoms with E-state index < -0.39 is 0 Å². The van der Waals surface area contributed by atoms with Gasteiger partial charge in [0.25, 0.3) is 0 Å². The molecule has 72 valence electrons. The number of para-hydroxylation sites is 1. The first kappa shape index (κ1) is 11.6. The second-order valence-corrected chi connectivity index (χ2v) is 2.33. The van der Waals surface area contributed by atoms with Crippen molar-refractivity contribution in [1.29, 1.82) is 0 Å². The second kappa shape index (κ2) is 7.31. The van der Waals surface area contributed by atoms with Crippen molar-refractivity contribution in [3.8, 4) is 0 Å². The zero-order chi connectivity index (χ0) is 10.1. The number of rotatable bonds is 1. The monoisotopic (exact) mass is 180 g/mol. The summed E-state index contributed by atoms with van der Waals surface area (Å²) in [6.07, 6.45) is 1.75. The number of aliphatic hydroxyl groups excluding tert-OH is 1. The van der Waals surface area contributed by atoms with Crippen molar-refractivity contribution in [2.45, 2.75) is 6.92 Å². The maximum absolute atomic E-state index is 7.57. The van der Waals surface area contributed by atoms with Gasteiger partial charge in [0, 0.05) is 31.1 Å². The first-order chi connectivity index (χ1) is 6.26. The highest BCUT2D eigenvalue weighted by Gasteiger charge is 1.89. The van der Waals surface area contributed by atoms with Crippen molar-refractivity contribution in [2.24, 2.45) is 4.99 Å². The molecule has 0 aliphatic heterocycles. The molecule has 0 aliphatic carbocycles. The summed E-state index contributed by atoms with van der Waals surface area (Å²) in [7, 11) is 1.73. The van der Waals surface area contributed by atoms with Crippen LogP contribution in [-0.2, 0) is 0 Å². The minimum Gasteiger partial charge on any atom is -0.398 e. The zero-order valence-corrected chi connectivity index (χ0v) is 8.07. The van der Waals surface area contributed by atoms with E-state index >= 15 is 0 Å². The Kier molecular flexibility index (Phi) is 6.55. The lowest BCUT2D eigenvalue weighted by atomic mass is 10.2. The molecule has 1 rings (SSSR count). The van der Waals surface area contributed by atoms with Gasteiger partial charge in [-0.05, 0) is 13.0 Å². The summed E-state index contributed by atoms with van der Waals surface area (Å²) >= 11 is 0. The first-order valence-corrected chi connectivity index (χ1v) is 4.13. The van der Waals surface area contributed by atoms with Crippen molar-refractivity contribution in [3.63, 3.8) is 0 Å². The van der Waals surface area contributed by atoms with Gasteiger partial charge in [-0.25, -0.2) is 0 Å². The fourth-order valence-electron chi connectivity index (χ4n) is 0.768. The number of nitrogens with two attached hydrogens (primary N) is 1. The van der Waals surface area contributed by atoms with Crippen LogP contribution in [0.25, 0.3) is 0 Å². The smallest absolute Gasteiger partial charge is 0.0403 e. The molecule has 0 saturated heterocycles. The molecule has 3 heteroatoms. The number of aliphatic hydroxyl groups is 1. The predicted octanol–water partition coefficient (Wildman–Crippen LogP) is 1.32. The Morgan fingerprint density at radius 3 is 2.46 bits per heavy atom. The van der Waals surface area contributed by atoms with Crippen molar-refractivity contribution in [3.05, 3.63) is 29.8 Å². The van der Waals surface area contributed by atoms with Crippen LogP contribution < -0.4 is 5.73 Å². The molecule has 0 aliphatic rings. The SMILES string of the molecule is CCO.CN=Cc1ccccc1N. The Balaban J connectivity index is 0.000000424. The van der Waals surface area contributed by atoms with E-state index in [0.29, 0.717) is 0 Å². The molecule has 1 aromatic carbocycles. The number of nitrogen functional groups attached to an aromatic ring is 1. The van der Waals surface area contributed by atoms with Crippen LogP contribution in [0.5, 0.6) is 0 Å². The number of hydrogen-bond acceptors (Lipinski definition) is 3. The number of anilines is 1. The van der Waals surface area contributed by atoms with E-state index in [0.717, 1.165) is 11.3 Å². The van der Waals surface area contributed by atoms with Gasteiger partial charge in [0.15, 0.2) is 0 Å². The van der Waals surface area contributed by atoms with Crippen LogP contribution in [-0.4, -0.2) is 25.0 Å². The van der Waals surface area contributed by atoms with Crippen molar-refractivity contribution in [2.75, 3.05) is 19.4 Å². The first-order valence-electron chi connectivity index (χ1n) is 4.13. The quantitative estimate of drug-likeness (QED) is 0.505. The highest BCUT2D eigenvalue weighted by atomic mass is 16.2. The molecule has 0 fully saturated rings. The summed E-state index contributed by atoms with van der Waals surface area (Å²) in [5.41, 5.74) is 7.36. The average Bonchev–Trinajstić information content (AvgIpc) is 2.11. The Labute approximate surface area is 78.9 Å². The standard InChI is InChI=1S/C8H10N2.C2H6O/c1-10-6-7-4-2-3-5-8(7)9;1-2-3/h2-6H,9H2,1H3;3H,2H2,1H3. The lowest BCUT2D eigenvalue weighted by molar-refractivity contribution is 0.318. The fourth-order valence-corrected chi connectivity index (χ4v) is 0.768. The van der Waals surface area contributed by atoms with Gasteiger partial charge in [-0.2, -0.15) is 0 Å². The van der Waals surface area contributed by atoms with Gasteiger partial charge in [0.1, 0.15) is 0 Å². The van der Waals surface area contributed by atoms with Gasteiger partial charge in [-0.1, -0.05) is 18.2 Å². The van der Waals surface area contributed by atoms with E-state index in [1.54, 1.807) is 20.2 Å². The maximum atomic E-state index is 7.57. The van der Waals surface area contributed by atoms with Crippen molar-refractivity contribution in [1.82, 2.24) is 0 Å². The number of nitrogens with zero attached hydrogens (tertiary/aromatic N) is 1. The minimum atomic E-state index is 0.250. The highest BCUT2D eigenvalue weighted by molar-refractivity contribution is 5.86. The molecule has 0 atom stereocenters. The van der Waals surface area contributed by atoms with E-state index in [9.17, 15) is 0 Å². The maximum Gasteiger partial charge on any atom is 0.0403 e. The van der Waals surface area contributed by atoms with Crippen LogP contribution in [0.3, 0.4) is 0 Å². The summed E-state index contributed by atoms with van der Waals surface area (Å²) < 4.78 is 0. The lowest BCUT2D eigenvalue weighted by Gasteiger charge is -1.95. The zero-order valence-electron chi connectivity index (χ0n) is 8.07. The molecule has 0 aromatic heterocycles. The van der Waals surface area contributed by atoms with Gasteiger partial charge in [-0.3, -0.25) is 4.99 Å². The number of benzene rings is 1. The second-order valence-electron chi connectivity index (χ2n) is 2.33. The summed E-state index contributed by atoms with van der Waals surface area (Å²) in [4.78, 5) is 3.86. The van der Waals surface area contributed by atoms with E-state index in [4.69, 9.17) is 10.8 Å². The van der Waals surface area contributed by atoms with Crippen LogP contribution in [0.1, 0.15) is 12.5 Å². The van der Waals surface area contributed by atoms with Crippen LogP contribution >= 0.6 is 0 Å². The van der Waals surface area contributed by atoms with Gasteiger partial charge < -0.3 is 10.8 Å². The fraction of sp³-hybridized carbons (Fsp3) is 0.300. The van der Waals surface area contributed by atoms with Crippen LogP contribution in [0, 0.1) is 0 Å². The molecule has 0 heterocycles. The van der Waals surface area contributed by atoms with Crippen LogP contribution in [0.2, 0.25) is 0 Å². The van der Waals surface area contributed by atoms with Crippen molar-refractivity contribution >= 4 is 11.9 Å². The number of hydrogen-bond donors (Lipinski definition) is 2. The molecule has 0 saturated carbocycles. The molecule has 0 bridgehead atoms. The summed E-state index contributed by atoms with van der Waals surface area (Å²) in [5.74, 6) is 0. The highest BCUT2D eigenvalue weighted by Crippen LogP contribution is 2.06. The molecular formula is C10H16N2O. The Hall–Kier alpha value is -1.35. The van der Waals surface area contributed by atoms with Crippen LogP contribution in [0.4, 0.5) is 5.69 Å². The van der Waals surface area contributed by atoms with E-state index in [-0.39, 0.29) is 6.61 Å². The largest absolute Gasteiger partial charge is 0.398 e. The van der Waals surface area contributed by atoms with Gasteiger partial charge >= 0.3 is 0 Å². The number of aliphatic imine (C=N–C) groups is 1. The van der Waals surface area contributed by atoms with Crippen LogP contribution in [0.15, 0.2) is 29.3 Å². The molecule has 0 unspecified atom stereocenters. The van der Waals surface area contributed by atoms with Gasteiger partial charge in [-0.15, -0.1) is 0 Å². The van der Waals surface area contributed by atoms with Gasteiger partial charge in [0.05, 0.1) is 0 Å². The molecular weight excluding hydrogens is 164 g/mol. The molecule has 0 amide bonds. The molecule has 13 heavy (non-hydrogen) atoms. The minimum absolute atomic E-state index is 0.250. The normalized spacial score (nSPS) is 9.46. The molecule has 0 radical (unpaired) electrons. The van der Waals surface area contributed by atoms with Crippen molar-refractivity contribution < 1.29 is 5.11 Å². The van der Waals surface area contributed by atoms with E-state index in [1.807, 2.05) is 24.3 Å². The Morgan fingerprint density at radius 2 is 2.00 bits per heavy atom. The summed E-state index contributed by atoms with van der Waals surface area (Å²) in [5, 5.41) is 7.57. The average molecular weight is 180 g/mol.